The molecule has 19 nitrogen and oxygen atoms in total. The molecule has 1 saturated carbocycles. The second-order valence-electron chi connectivity index (χ2n) is 14.5. The summed E-state index contributed by atoms with van der Waals surface area (Å²) in [5.74, 6) is -3.85. The SMILES string of the molecule is CCOC(=O)C(C)OC(=O)c1cc(Oc2ccc(C(F)(F)F)cc2Cl)ccc1[N+](=O)[O-].CS(=O)(=O)c1cc(C(F)(F)F)ccc1C(=O)c1cnoc1C1CC1.C[S+](C)C.O=C(O)CNCP(=O)([O-])O. The lowest BCUT2D eigenvalue weighted by atomic mass is 10.0. The molecular formula is C40H43ClF6N3O16PS2. The Hall–Kier alpha value is -5.57. The molecule has 0 radical (unpaired) electrons. The van der Waals surface area contributed by atoms with Gasteiger partial charge in [0, 0.05) is 29.9 Å². The van der Waals surface area contributed by atoms with Crippen molar-refractivity contribution < 1.29 is 97.1 Å². The van der Waals surface area contributed by atoms with Crippen LogP contribution in [-0.2, 0) is 56.7 Å². The molecule has 2 atom stereocenters. The van der Waals surface area contributed by atoms with E-state index in [9.17, 15) is 73.5 Å². The molecule has 1 fully saturated rings. The molecular weight excluding hydrogens is 1020 g/mol. The first-order chi connectivity index (χ1) is 31.7. The van der Waals surface area contributed by atoms with Crippen molar-refractivity contribution in [3.8, 4) is 11.5 Å². The average Bonchev–Trinajstić information content (AvgIpc) is 3.94. The molecule has 3 aromatic carbocycles. The van der Waals surface area contributed by atoms with Crippen molar-refractivity contribution in [2.75, 3.05) is 44.5 Å². The van der Waals surface area contributed by atoms with Gasteiger partial charge in [-0.25, -0.2) is 18.0 Å². The number of nitrogens with zero attached hydrogens (tertiary/aromatic N) is 2. The van der Waals surface area contributed by atoms with Crippen molar-refractivity contribution in [1.82, 2.24) is 10.5 Å². The van der Waals surface area contributed by atoms with Crippen LogP contribution in [-0.4, -0.2) is 103 Å². The van der Waals surface area contributed by atoms with Crippen LogP contribution in [0.3, 0.4) is 0 Å². The number of ketones is 1. The van der Waals surface area contributed by atoms with Crippen LogP contribution in [0.4, 0.5) is 32.0 Å². The van der Waals surface area contributed by atoms with Gasteiger partial charge < -0.3 is 38.2 Å². The molecule has 0 spiro atoms. The number of sulfone groups is 1. The summed E-state index contributed by atoms with van der Waals surface area (Å²) in [6, 6.07) is 7.42. The van der Waals surface area contributed by atoms with E-state index in [0.29, 0.717) is 34.9 Å². The summed E-state index contributed by atoms with van der Waals surface area (Å²) in [6.07, 6.45) is -1.21. The average molecular weight is 1070 g/mol. The molecule has 5 rings (SSSR count). The van der Waals surface area contributed by atoms with Crippen LogP contribution in [0.25, 0.3) is 0 Å². The lowest BCUT2D eigenvalue weighted by Crippen LogP contribution is -2.26. The molecule has 0 amide bonds. The second kappa shape index (κ2) is 25.3. The van der Waals surface area contributed by atoms with Crippen LogP contribution in [0.5, 0.6) is 11.5 Å². The number of rotatable bonds is 15. The van der Waals surface area contributed by atoms with Crippen LogP contribution in [0.1, 0.15) is 75.8 Å². The number of nitro benzene ring substituents is 1. The van der Waals surface area contributed by atoms with E-state index < -0.39 is 105 Å². The van der Waals surface area contributed by atoms with Crippen molar-refractivity contribution >= 4 is 69.3 Å². The van der Waals surface area contributed by atoms with Crippen LogP contribution < -0.4 is 14.9 Å². The molecule has 3 N–H and O–H groups in total. The van der Waals surface area contributed by atoms with E-state index in [-0.39, 0.29) is 40.2 Å². The lowest BCUT2D eigenvalue weighted by molar-refractivity contribution is -0.385. The maximum Gasteiger partial charge on any atom is 0.416 e. The molecule has 29 heteroatoms. The highest BCUT2D eigenvalue weighted by Crippen LogP contribution is 2.43. The molecule has 1 heterocycles. The maximum atomic E-state index is 12.8. The first kappa shape index (κ1) is 59.6. The molecule has 1 aliphatic rings. The van der Waals surface area contributed by atoms with Crippen LogP contribution in [0.2, 0.25) is 5.02 Å². The van der Waals surface area contributed by atoms with Gasteiger partial charge in [0.05, 0.1) is 75.9 Å². The number of nitrogens with one attached hydrogen (secondary N) is 1. The highest BCUT2D eigenvalue weighted by Gasteiger charge is 2.37. The summed E-state index contributed by atoms with van der Waals surface area (Å²) in [5.41, 5.74) is -3.54. The number of halogens is 7. The Balaban J connectivity index is 0.000000378. The van der Waals surface area contributed by atoms with E-state index in [2.05, 4.69) is 23.9 Å². The van der Waals surface area contributed by atoms with Crippen molar-refractivity contribution in [2.24, 2.45) is 0 Å². The first-order valence-electron chi connectivity index (χ1n) is 19.2. The number of carbonyl (C=O) groups is 4. The maximum absolute atomic E-state index is 12.8. The Morgan fingerprint density at radius 1 is 0.986 bits per heavy atom. The number of carboxylic acids is 1. The number of alkyl halides is 6. The number of hydrogen-bond donors (Lipinski definition) is 3. The lowest BCUT2D eigenvalue weighted by Gasteiger charge is -2.14. The molecule has 0 bridgehead atoms. The number of carboxylic acid groups (broad SMARTS) is 1. The summed E-state index contributed by atoms with van der Waals surface area (Å²) in [6.45, 7) is 2.33. The standard InChI is InChI=1S/C19H15ClF3NO7.C15H12F3NO4S.C3H8NO5P.C3H9S/c1-3-29-17(25)10(2)30-18(26)13-9-12(5-6-15(13)24(27)28)31-16-7-4-11(8-14(16)20)19(21,22)23;1-24(21,22)12-6-9(15(16,17)18)4-5-10(12)13(20)11-7-19-23-14(11)8-2-3-8;5-3(6)1-4-2-10(7,8)9;1-4(2)3/h4-10H,3H2,1-2H3;4-8H,2-3H2,1H3;4H,1-2H2,(H,5,6)(H2,7,8,9);1-3H3/q;;;+1/p-1. The Labute approximate surface area is 397 Å². The first-order valence-corrected chi connectivity index (χ1v) is 25.7. The van der Waals surface area contributed by atoms with Gasteiger partial charge in [0.2, 0.25) is 0 Å². The number of aromatic nitrogens is 1. The van der Waals surface area contributed by atoms with Gasteiger partial charge in [-0.1, -0.05) is 16.8 Å². The van der Waals surface area contributed by atoms with Gasteiger partial charge in [0.15, 0.2) is 27.5 Å². The molecule has 0 aliphatic heterocycles. The van der Waals surface area contributed by atoms with Gasteiger partial charge in [-0.05, 0) is 80.0 Å². The number of carbonyl (C=O) groups excluding carboxylic acids is 3. The third kappa shape index (κ3) is 20.1. The summed E-state index contributed by atoms with van der Waals surface area (Å²) in [7, 11) is -7.75. The smallest absolute Gasteiger partial charge is 0.416 e. The van der Waals surface area contributed by atoms with Gasteiger partial charge in [0.25, 0.3) is 5.69 Å². The zero-order valence-electron chi connectivity index (χ0n) is 36.9. The second-order valence-corrected chi connectivity index (χ2v) is 20.9. The van der Waals surface area contributed by atoms with E-state index >= 15 is 0 Å². The summed E-state index contributed by atoms with van der Waals surface area (Å²) >= 11 is 5.83. The molecule has 0 saturated heterocycles. The van der Waals surface area contributed by atoms with E-state index in [1.54, 1.807) is 6.92 Å². The topological polar surface area (TPSA) is 292 Å². The highest BCUT2D eigenvalue weighted by molar-refractivity contribution is 7.94. The van der Waals surface area contributed by atoms with E-state index in [1.807, 2.05) is 5.32 Å². The van der Waals surface area contributed by atoms with Gasteiger partial charge in [-0.2, -0.15) is 26.3 Å². The Morgan fingerprint density at radius 3 is 2.03 bits per heavy atom. The number of esters is 2. The van der Waals surface area contributed by atoms with Crippen molar-refractivity contribution in [2.45, 2.75) is 56.0 Å². The third-order valence-electron chi connectivity index (χ3n) is 8.11. The van der Waals surface area contributed by atoms with Crippen LogP contribution in [0, 0.1) is 10.1 Å². The van der Waals surface area contributed by atoms with Crippen molar-refractivity contribution in [3.05, 3.63) is 110 Å². The predicted molar refractivity (Wildman–Crippen MR) is 233 cm³/mol. The molecule has 2 unspecified atom stereocenters. The van der Waals surface area contributed by atoms with E-state index in [1.165, 1.54) is 13.1 Å². The summed E-state index contributed by atoms with van der Waals surface area (Å²) in [4.78, 5) is 74.1. The zero-order valence-corrected chi connectivity index (χ0v) is 40.2. The number of aliphatic carboxylic acids is 1. The molecule has 380 valence electrons. The summed E-state index contributed by atoms with van der Waals surface area (Å²) < 4.78 is 130. The van der Waals surface area contributed by atoms with Gasteiger partial charge >= 0.3 is 30.3 Å². The minimum Gasteiger partial charge on any atom is -0.778 e. The van der Waals surface area contributed by atoms with Crippen molar-refractivity contribution in [3.63, 3.8) is 0 Å². The van der Waals surface area contributed by atoms with Crippen LogP contribution in [0.15, 0.2) is 70.2 Å². The number of ether oxygens (including phenoxy) is 3. The number of nitro groups is 1. The Morgan fingerprint density at radius 2 is 1.55 bits per heavy atom. The molecule has 69 heavy (non-hydrogen) atoms. The highest BCUT2D eigenvalue weighted by atomic mass is 35.5. The fourth-order valence-electron chi connectivity index (χ4n) is 5.02. The fraction of sp³-hybridized carbons (Fsp3) is 0.375. The van der Waals surface area contributed by atoms with E-state index in [0.717, 1.165) is 55.5 Å². The van der Waals surface area contributed by atoms with Crippen LogP contribution >= 0.6 is 19.2 Å². The number of hydrogen-bond acceptors (Lipinski definition) is 16. The minimum absolute atomic E-state index is 0.0398. The Bertz CT molecular complexity index is 2640. The van der Waals surface area contributed by atoms with Gasteiger partial charge in [-0.3, -0.25) is 25.0 Å². The largest absolute Gasteiger partial charge is 0.778 e. The normalized spacial score (nSPS) is 13.7. The summed E-state index contributed by atoms with van der Waals surface area (Å²) in [5, 5.41) is 24.4. The van der Waals surface area contributed by atoms with Crippen molar-refractivity contribution in [1.29, 1.82) is 0 Å². The quantitative estimate of drug-likeness (QED) is 0.0205. The van der Waals surface area contributed by atoms with E-state index in [4.69, 9.17) is 40.3 Å². The molecule has 4 aromatic rings. The predicted octanol–water partition coefficient (Wildman–Crippen LogP) is 7.03. The Kier molecular flexibility index (Phi) is 21.9. The monoisotopic (exact) mass is 1070 g/mol. The zero-order chi connectivity index (χ0) is 52.8. The van der Waals surface area contributed by atoms with Gasteiger partial charge in [-0.15, -0.1) is 0 Å². The fourth-order valence-corrected chi connectivity index (χ4v) is 6.54. The number of benzene rings is 3. The molecule has 1 aliphatic carbocycles. The minimum atomic E-state index is -4.71. The molecule has 1 aromatic heterocycles. The third-order valence-corrected chi connectivity index (χ3v) is 10.2. The van der Waals surface area contributed by atoms with Gasteiger partial charge in [0.1, 0.15) is 24.7 Å².